The molecule has 2 rings (SSSR count). The van der Waals surface area contributed by atoms with Crippen LogP contribution in [0.4, 0.5) is 8.78 Å². The maximum Gasteiger partial charge on any atom is 0.235 e. The second-order valence-electron chi connectivity index (χ2n) is 4.07. The monoisotopic (exact) mass is 239 g/mol. The number of hydrogen-bond donors (Lipinski definition) is 0. The Kier molecular flexibility index (Phi) is 3.05. The van der Waals surface area contributed by atoms with Crippen molar-refractivity contribution in [1.29, 1.82) is 0 Å². The van der Waals surface area contributed by atoms with E-state index in [1.165, 1.54) is 25.3 Å². The number of benzene rings is 1. The van der Waals surface area contributed by atoms with Crippen LogP contribution >= 0.6 is 0 Å². The van der Waals surface area contributed by atoms with Gasteiger partial charge in [0.1, 0.15) is 5.54 Å². The van der Waals surface area contributed by atoms with Gasteiger partial charge in [0.15, 0.2) is 11.6 Å². The van der Waals surface area contributed by atoms with Crippen LogP contribution in [0.5, 0.6) is 0 Å². The van der Waals surface area contributed by atoms with Crippen molar-refractivity contribution < 1.29 is 18.3 Å². The number of methoxy groups -OCH3 is 1. The molecule has 1 aromatic rings. The molecule has 0 radical (unpaired) electrons. The van der Waals surface area contributed by atoms with E-state index in [1.54, 1.807) is 0 Å². The first kappa shape index (κ1) is 11.9. The van der Waals surface area contributed by atoms with Crippen LogP contribution in [0.25, 0.3) is 0 Å². The number of hydrogen-bond acceptors (Lipinski definition) is 3. The molecule has 0 atom stereocenters. The highest BCUT2D eigenvalue weighted by Gasteiger charge is 2.47. The van der Waals surface area contributed by atoms with E-state index in [9.17, 15) is 13.6 Å². The summed E-state index contributed by atoms with van der Waals surface area (Å²) in [6.45, 7) is 0.00693. The molecule has 1 aromatic carbocycles. The van der Waals surface area contributed by atoms with Gasteiger partial charge in [0, 0.05) is 18.2 Å². The zero-order valence-electron chi connectivity index (χ0n) is 9.30. The number of isocyanates is 1. The minimum absolute atomic E-state index is 0.00693. The number of aliphatic imine (C=N–C) groups is 1. The van der Waals surface area contributed by atoms with E-state index in [0.717, 1.165) is 0 Å². The molecule has 5 heteroatoms. The summed E-state index contributed by atoms with van der Waals surface area (Å²) in [7, 11) is 1.41. The number of nitrogens with zero attached hydrogens (tertiary/aromatic N) is 1. The van der Waals surface area contributed by atoms with Crippen LogP contribution in [0.1, 0.15) is 24.0 Å². The van der Waals surface area contributed by atoms with E-state index in [2.05, 4.69) is 4.99 Å². The van der Waals surface area contributed by atoms with Gasteiger partial charge in [-0.15, -0.1) is 0 Å². The molecule has 17 heavy (non-hydrogen) atoms. The predicted octanol–water partition coefficient (Wildman–Crippen LogP) is 2.44. The molecule has 0 N–H and O–H groups in total. The predicted molar refractivity (Wildman–Crippen MR) is 56.1 cm³/mol. The van der Waals surface area contributed by atoms with Crippen LogP contribution in [0.2, 0.25) is 0 Å². The number of carbonyl (C=O) groups excluding carboxylic acids is 1. The zero-order chi connectivity index (χ0) is 12.5. The van der Waals surface area contributed by atoms with Crippen molar-refractivity contribution >= 4 is 6.08 Å². The summed E-state index contributed by atoms with van der Waals surface area (Å²) in [5.74, 6) is -1.88. The highest BCUT2D eigenvalue weighted by atomic mass is 19.2. The molecule has 1 aliphatic rings. The fourth-order valence-electron chi connectivity index (χ4n) is 1.86. The summed E-state index contributed by atoms with van der Waals surface area (Å²) in [6.07, 6.45) is 2.50. The maximum absolute atomic E-state index is 13.8. The average molecular weight is 239 g/mol. The molecule has 0 amide bonds. The zero-order valence-corrected chi connectivity index (χ0v) is 9.30. The Morgan fingerprint density at radius 1 is 1.41 bits per heavy atom. The molecule has 0 unspecified atom stereocenters. The molecule has 0 saturated heterocycles. The Bertz CT molecular complexity index is 492. The van der Waals surface area contributed by atoms with Gasteiger partial charge in [-0.2, -0.15) is 4.99 Å². The topological polar surface area (TPSA) is 38.7 Å². The van der Waals surface area contributed by atoms with Gasteiger partial charge in [0.25, 0.3) is 0 Å². The Hall–Kier alpha value is -1.58. The van der Waals surface area contributed by atoms with Gasteiger partial charge in [-0.3, -0.25) is 0 Å². The highest BCUT2D eigenvalue weighted by molar-refractivity contribution is 5.42. The third kappa shape index (κ3) is 1.99. The molecule has 0 aromatic heterocycles. The molecule has 0 heterocycles. The van der Waals surface area contributed by atoms with Crippen LogP contribution in [-0.4, -0.2) is 13.2 Å². The van der Waals surface area contributed by atoms with Gasteiger partial charge in [-0.05, 0) is 12.8 Å². The summed E-state index contributed by atoms with van der Waals surface area (Å²) < 4.78 is 32.2. The van der Waals surface area contributed by atoms with Crippen LogP contribution in [0, 0.1) is 11.6 Å². The van der Waals surface area contributed by atoms with E-state index in [0.29, 0.717) is 12.8 Å². The third-order valence-corrected chi connectivity index (χ3v) is 2.95. The van der Waals surface area contributed by atoms with Crippen molar-refractivity contribution in [2.75, 3.05) is 7.11 Å². The molecular weight excluding hydrogens is 228 g/mol. The Balaban J connectivity index is 2.44. The van der Waals surface area contributed by atoms with Gasteiger partial charge in [-0.1, -0.05) is 12.1 Å². The molecule has 3 nitrogen and oxygen atoms in total. The molecule has 1 aliphatic carbocycles. The summed E-state index contributed by atoms with van der Waals surface area (Å²) in [6, 6.07) is 2.91. The number of halogens is 2. The average Bonchev–Trinajstić information content (AvgIpc) is 3.06. The van der Waals surface area contributed by atoms with E-state index < -0.39 is 17.2 Å². The third-order valence-electron chi connectivity index (χ3n) is 2.95. The standard InChI is InChI=1S/C12H11F2NO2/c1-17-6-8-2-3-9(11(14)10(8)13)12(4-5-12)15-7-16/h2-3H,4-6H2,1H3. The van der Waals surface area contributed by atoms with Crippen molar-refractivity contribution in [3.05, 3.63) is 34.9 Å². The van der Waals surface area contributed by atoms with Gasteiger partial charge < -0.3 is 4.74 Å². The summed E-state index contributed by atoms with van der Waals surface area (Å²) in [4.78, 5) is 13.8. The van der Waals surface area contributed by atoms with E-state index in [4.69, 9.17) is 4.74 Å². The molecule has 1 fully saturated rings. The Labute approximate surface area is 97.1 Å². The summed E-state index contributed by atoms with van der Waals surface area (Å²) in [5.41, 5.74) is -0.615. The molecule has 0 aliphatic heterocycles. The van der Waals surface area contributed by atoms with Crippen molar-refractivity contribution in [2.45, 2.75) is 25.0 Å². The molecule has 0 spiro atoms. The SMILES string of the molecule is COCc1ccc(C2(N=C=O)CC2)c(F)c1F. The largest absolute Gasteiger partial charge is 0.380 e. The van der Waals surface area contributed by atoms with Gasteiger partial charge in [-0.25, -0.2) is 13.6 Å². The minimum atomic E-state index is -0.948. The van der Waals surface area contributed by atoms with Crippen molar-refractivity contribution in [3.8, 4) is 0 Å². The number of ether oxygens (including phenoxy) is 1. The van der Waals surface area contributed by atoms with Crippen molar-refractivity contribution in [1.82, 2.24) is 0 Å². The number of rotatable bonds is 4. The van der Waals surface area contributed by atoms with Gasteiger partial charge in [0.05, 0.1) is 6.61 Å². The van der Waals surface area contributed by atoms with Crippen molar-refractivity contribution in [3.63, 3.8) is 0 Å². The lowest BCUT2D eigenvalue weighted by Crippen LogP contribution is -2.09. The fraction of sp³-hybridized carbons (Fsp3) is 0.417. The lowest BCUT2D eigenvalue weighted by Gasteiger charge is -2.12. The highest BCUT2D eigenvalue weighted by Crippen LogP contribution is 2.50. The normalized spacial score (nSPS) is 16.4. The Morgan fingerprint density at radius 2 is 2.12 bits per heavy atom. The van der Waals surface area contributed by atoms with Crippen LogP contribution in [-0.2, 0) is 21.7 Å². The van der Waals surface area contributed by atoms with Crippen LogP contribution in [0.3, 0.4) is 0 Å². The quantitative estimate of drug-likeness (QED) is 0.598. The molecule has 0 bridgehead atoms. The smallest absolute Gasteiger partial charge is 0.235 e. The van der Waals surface area contributed by atoms with Gasteiger partial charge in [0.2, 0.25) is 6.08 Å². The van der Waals surface area contributed by atoms with E-state index >= 15 is 0 Å². The summed E-state index contributed by atoms with van der Waals surface area (Å²) in [5, 5.41) is 0. The first-order chi connectivity index (χ1) is 8.14. The first-order valence-electron chi connectivity index (χ1n) is 5.20. The second-order valence-corrected chi connectivity index (χ2v) is 4.07. The van der Waals surface area contributed by atoms with Crippen LogP contribution < -0.4 is 0 Å². The molecule has 1 saturated carbocycles. The van der Waals surface area contributed by atoms with E-state index in [-0.39, 0.29) is 17.7 Å². The lowest BCUT2D eigenvalue weighted by atomic mass is 10.0. The fourth-order valence-corrected chi connectivity index (χ4v) is 1.86. The van der Waals surface area contributed by atoms with Gasteiger partial charge >= 0.3 is 0 Å². The van der Waals surface area contributed by atoms with E-state index in [1.807, 2.05) is 0 Å². The molecule has 90 valence electrons. The van der Waals surface area contributed by atoms with Crippen molar-refractivity contribution in [2.24, 2.45) is 4.99 Å². The Morgan fingerprint density at radius 3 is 2.65 bits per heavy atom. The summed E-state index contributed by atoms with van der Waals surface area (Å²) >= 11 is 0. The maximum atomic E-state index is 13.8. The minimum Gasteiger partial charge on any atom is -0.380 e. The van der Waals surface area contributed by atoms with Crippen LogP contribution in [0.15, 0.2) is 17.1 Å². The first-order valence-corrected chi connectivity index (χ1v) is 5.20. The molecular formula is C12H11F2NO2. The second kappa shape index (κ2) is 4.35. The lowest BCUT2D eigenvalue weighted by molar-refractivity contribution is 0.180.